The van der Waals surface area contributed by atoms with Crippen molar-refractivity contribution >= 4 is 34.7 Å². The third kappa shape index (κ3) is 5.47. The van der Waals surface area contributed by atoms with Crippen LogP contribution in [0.5, 0.6) is 0 Å². The van der Waals surface area contributed by atoms with Crippen LogP contribution in [0.15, 0.2) is 40.7 Å². The molecule has 3 rings (SSSR count). The lowest BCUT2D eigenvalue weighted by Gasteiger charge is -2.19. The molecule has 0 radical (unpaired) electrons. The summed E-state index contributed by atoms with van der Waals surface area (Å²) < 4.78 is 6.99. The van der Waals surface area contributed by atoms with Crippen molar-refractivity contribution in [2.24, 2.45) is 21.7 Å². The number of hydrogen-bond acceptors (Lipinski definition) is 8. The van der Waals surface area contributed by atoms with Crippen molar-refractivity contribution in [2.75, 3.05) is 13.7 Å². The first-order chi connectivity index (χ1) is 14.1. The normalized spacial score (nSPS) is 18.7. The second-order valence-corrected chi connectivity index (χ2v) is 8.05. The number of nitrogens with one attached hydrogen (secondary N) is 2. The molecule has 0 saturated carbocycles. The number of amidine groups is 1. The number of nitrogens with two attached hydrogens (primary N) is 1. The highest BCUT2D eigenvalue weighted by atomic mass is 32.1. The van der Waals surface area contributed by atoms with Gasteiger partial charge in [0.15, 0.2) is 5.84 Å². The summed E-state index contributed by atoms with van der Waals surface area (Å²) in [7, 11) is 1.68. The number of ether oxygens (including phenoxy) is 1. The number of aromatic nitrogens is 2. The van der Waals surface area contributed by atoms with Gasteiger partial charge in [0.05, 0.1) is 31.6 Å². The lowest BCUT2D eigenvalue weighted by molar-refractivity contribution is 0.183. The molecule has 8 nitrogen and oxygen atoms in total. The topological polar surface area (TPSA) is 114 Å². The van der Waals surface area contributed by atoms with Crippen molar-refractivity contribution in [1.82, 2.24) is 15.2 Å². The molecule has 2 aromatic heterocycles. The molecular formula is C20H27N7OS. The lowest BCUT2D eigenvalue weighted by atomic mass is 9.93. The molecule has 154 valence electrons. The summed E-state index contributed by atoms with van der Waals surface area (Å²) in [6.45, 7) is 4.05. The minimum Gasteiger partial charge on any atom is -0.383 e. The van der Waals surface area contributed by atoms with E-state index < -0.39 is 0 Å². The number of nitrogens with zero attached hydrogens (tertiary/aromatic N) is 4. The quantitative estimate of drug-likeness (QED) is 0.368. The highest BCUT2D eigenvalue weighted by Gasteiger charge is 2.20. The van der Waals surface area contributed by atoms with E-state index in [4.69, 9.17) is 21.0 Å². The van der Waals surface area contributed by atoms with E-state index in [9.17, 15) is 0 Å². The Morgan fingerprint density at radius 2 is 2.34 bits per heavy atom. The third-order valence-corrected chi connectivity index (χ3v) is 5.82. The molecule has 2 aromatic rings. The minimum absolute atomic E-state index is 0.208. The van der Waals surface area contributed by atoms with Crippen LogP contribution in [0.25, 0.3) is 5.57 Å². The molecule has 0 fully saturated rings. The highest BCUT2D eigenvalue weighted by Crippen LogP contribution is 2.25. The second kappa shape index (κ2) is 10.2. The van der Waals surface area contributed by atoms with Gasteiger partial charge in [-0.05, 0) is 30.5 Å². The van der Waals surface area contributed by atoms with Crippen LogP contribution in [0.3, 0.4) is 0 Å². The molecule has 0 saturated heterocycles. The van der Waals surface area contributed by atoms with Crippen molar-refractivity contribution in [3.63, 3.8) is 0 Å². The Morgan fingerprint density at radius 3 is 3.07 bits per heavy atom. The van der Waals surface area contributed by atoms with Crippen LogP contribution in [-0.4, -0.2) is 41.3 Å². The number of thiophene rings is 1. The number of allylic oxidation sites excluding steroid dienone is 1. The summed E-state index contributed by atoms with van der Waals surface area (Å²) in [4.78, 5) is 11.4. The summed E-state index contributed by atoms with van der Waals surface area (Å²) >= 11 is 1.57. The van der Waals surface area contributed by atoms with Crippen LogP contribution in [0, 0.1) is 11.3 Å². The summed E-state index contributed by atoms with van der Waals surface area (Å²) in [5.74, 6) is 6.56. The highest BCUT2D eigenvalue weighted by molar-refractivity contribution is 7.13. The minimum atomic E-state index is 0.208. The van der Waals surface area contributed by atoms with E-state index in [1.807, 2.05) is 35.4 Å². The Bertz CT molecular complexity index is 925. The smallest absolute Gasteiger partial charge is 0.161 e. The Morgan fingerprint density at radius 1 is 1.48 bits per heavy atom. The van der Waals surface area contributed by atoms with Crippen molar-refractivity contribution in [1.29, 1.82) is 5.41 Å². The fourth-order valence-electron chi connectivity index (χ4n) is 3.13. The van der Waals surface area contributed by atoms with E-state index >= 15 is 0 Å². The maximum Gasteiger partial charge on any atom is 0.161 e. The third-order valence-electron chi connectivity index (χ3n) is 4.80. The van der Waals surface area contributed by atoms with Crippen LogP contribution in [0.2, 0.25) is 0 Å². The molecule has 0 spiro atoms. The fraction of sp³-hybridized carbons (Fsp3) is 0.400. The molecule has 9 heteroatoms. The van der Waals surface area contributed by atoms with Crippen molar-refractivity contribution in [2.45, 2.75) is 32.9 Å². The number of hydrazine groups is 1. The zero-order valence-electron chi connectivity index (χ0n) is 16.8. The lowest BCUT2D eigenvalue weighted by Crippen LogP contribution is -2.39. The van der Waals surface area contributed by atoms with Gasteiger partial charge >= 0.3 is 0 Å². The van der Waals surface area contributed by atoms with E-state index in [0.717, 1.165) is 46.0 Å². The van der Waals surface area contributed by atoms with Crippen molar-refractivity contribution in [3.8, 4) is 0 Å². The molecular weight excluding hydrogens is 386 g/mol. The van der Waals surface area contributed by atoms with Gasteiger partial charge < -0.3 is 15.6 Å². The average molecular weight is 414 g/mol. The zero-order valence-corrected chi connectivity index (χ0v) is 17.6. The van der Waals surface area contributed by atoms with E-state index in [1.54, 1.807) is 18.4 Å². The van der Waals surface area contributed by atoms with Gasteiger partial charge in [-0.3, -0.25) is 9.67 Å². The predicted octanol–water partition coefficient (Wildman–Crippen LogP) is 2.86. The molecule has 1 atom stereocenters. The number of hydrogen-bond donors (Lipinski definition) is 3. The molecule has 4 N–H and O–H groups in total. The van der Waals surface area contributed by atoms with Gasteiger partial charge in [0.25, 0.3) is 0 Å². The molecule has 29 heavy (non-hydrogen) atoms. The predicted molar refractivity (Wildman–Crippen MR) is 119 cm³/mol. The van der Waals surface area contributed by atoms with Crippen LogP contribution >= 0.6 is 11.3 Å². The van der Waals surface area contributed by atoms with Gasteiger partial charge in [-0.1, -0.05) is 6.92 Å². The Labute approximate surface area is 174 Å². The van der Waals surface area contributed by atoms with Crippen LogP contribution < -0.4 is 11.3 Å². The van der Waals surface area contributed by atoms with Gasteiger partial charge in [-0.2, -0.15) is 5.10 Å². The second-order valence-electron chi connectivity index (χ2n) is 6.85. The largest absolute Gasteiger partial charge is 0.383 e. The molecule has 0 bridgehead atoms. The monoisotopic (exact) mass is 413 g/mol. The van der Waals surface area contributed by atoms with E-state index in [1.165, 1.54) is 6.21 Å². The molecule has 1 aliphatic rings. The molecule has 1 aliphatic heterocycles. The van der Waals surface area contributed by atoms with E-state index in [0.29, 0.717) is 19.0 Å². The van der Waals surface area contributed by atoms with Crippen LogP contribution in [0.1, 0.15) is 35.1 Å². The van der Waals surface area contributed by atoms with Crippen molar-refractivity contribution < 1.29 is 4.74 Å². The molecule has 1 unspecified atom stereocenters. The summed E-state index contributed by atoms with van der Waals surface area (Å²) in [5, 5.41) is 11.7. The fourth-order valence-corrected chi connectivity index (χ4v) is 3.90. The first kappa shape index (κ1) is 21.1. The Hall–Kier alpha value is -2.62. The van der Waals surface area contributed by atoms with Crippen molar-refractivity contribution in [3.05, 3.63) is 46.0 Å². The van der Waals surface area contributed by atoms with Gasteiger partial charge in [-0.15, -0.1) is 11.3 Å². The molecule has 3 heterocycles. The zero-order chi connectivity index (χ0) is 20.6. The SMILES string of the molecule is COCCn1cc(C2=CN=C(NN)C(=NCc3ccc(C=N)s3)C(C)CC2)cn1. The first-order valence-corrected chi connectivity index (χ1v) is 10.4. The van der Waals surface area contributed by atoms with Gasteiger partial charge in [0, 0.05) is 47.0 Å². The molecule has 0 aromatic carbocycles. The van der Waals surface area contributed by atoms with Gasteiger partial charge in [0.1, 0.15) is 0 Å². The molecule has 0 amide bonds. The standard InChI is InChI=1S/C20H27N7OS/c1-14-3-4-15(16-11-25-27(13-16)7-8-28-2)10-24-20(26-22)19(14)23-12-18-6-5-17(9-21)29-18/h5-6,9-11,13-14,21H,3-4,7-8,12,22H2,1-2H3,(H,24,26). The summed E-state index contributed by atoms with van der Waals surface area (Å²) in [6.07, 6.45) is 8.92. The van der Waals surface area contributed by atoms with E-state index in [-0.39, 0.29) is 5.92 Å². The maximum atomic E-state index is 7.34. The maximum absolute atomic E-state index is 7.34. The summed E-state index contributed by atoms with van der Waals surface area (Å²) in [6, 6.07) is 3.95. The first-order valence-electron chi connectivity index (χ1n) is 9.53. The number of aliphatic imine (C=N–C) groups is 2. The average Bonchev–Trinajstić information content (AvgIpc) is 3.38. The Kier molecular flexibility index (Phi) is 7.45. The Balaban J connectivity index is 1.81. The van der Waals surface area contributed by atoms with E-state index in [2.05, 4.69) is 22.4 Å². The number of rotatable bonds is 7. The number of methoxy groups -OCH3 is 1. The summed E-state index contributed by atoms with van der Waals surface area (Å²) in [5.41, 5.74) is 5.78. The van der Waals surface area contributed by atoms with Gasteiger partial charge in [0.2, 0.25) is 0 Å². The van der Waals surface area contributed by atoms with Gasteiger partial charge in [-0.25, -0.2) is 10.8 Å². The molecule has 0 aliphatic carbocycles. The van der Waals surface area contributed by atoms with Crippen LogP contribution in [0.4, 0.5) is 0 Å². The van der Waals surface area contributed by atoms with Crippen LogP contribution in [-0.2, 0) is 17.8 Å².